The van der Waals surface area contributed by atoms with E-state index >= 15 is 0 Å². The van der Waals surface area contributed by atoms with Gasteiger partial charge in [0.15, 0.2) is 0 Å². The molecule has 0 saturated heterocycles. The smallest absolute Gasteiger partial charge is 0.253 e. The molecule has 0 N–H and O–H groups in total. The Bertz CT molecular complexity index is 509. The van der Waals surface area contributed by atoms with Crippen LogP contribution in [0.5, 0.6) is 0 Å². The van der Waals surface area contributed by atoms with Crippen molar-refractivity contribution >= 4 is 33.2 Å². The van der Waals surface area contributed by atoms with Gasteiger partial charge in [-0.1, -0.05) is 18.2 Å². The molecule has 0 aliphatic carbocycles. The Labute approximate surface area is 113 Å². The lowest BCUT2D eigenvalue weighted by molar-refractivity contribution is 0.0786. The molecular weight excluding hydrogens is 298 g/mol. The van der Waals surface area contributed by atoms with E-state index in [1.54, 1.807) is 16.2 Å². The Morgan fingerprint density at radius 3 is 2.65 bits per heavy atom. The minimum atomic E-state index is 0.0510. The number of carbonyl (C=O) groups is 1. The third kappa shape index (κ3) is 3.17. The first-order valence-electron chi connectivity index (χ1n) is 5.20. The van der Waals surface area contributed by atoms with Crippen LogP contribution >= 0.6 is 27.3 Å². The van der Waals surface area contributed by atoms with Crippen LogP contribution in [0.25, 0.3) is 0 Å². The average Bonchev–Trinajstić information content (AvgIpc) is 2.75. The van der Waals surface area contributed by atoms with Crippen molar-refractivity contribution in [1.82, 2.24) is 4.90 Å². The van der Waals surface area contributed by atoms with Gasteiger partial charge in [0.25, 0.3) is 5.91 Å². The number of amides is 1. The number of thiophene rings is 1. The van der Waals surface area contributed by atoms with Crippen molar-refractivity contribution in [3.05, 3.63) is 56.7 Å². The van der Waals surface area contributed by atoms with Gasteiger partial charge in [0.2, 0.25) is 0 Å². The minimum absolute atomic E-state index is 0.0510. The highest BCUT2D eigenvalue weighted by atomic mass is 79.9. The predicted octanol–water partition coefficient (Wildman–Crippen LogP) is 3.78. The zero-order valence-electron chi connectivity index (χ0n) is 9.39. The van der Waals surface area contributed by atoms with Crippen LogP contribution in [0.3, 0.4) is 0 Å². The maximum absolute atomic E-state index is 12.1. The molecule has 1 aromatic heterocycles. The molecule has 4 heteroatoms. The summed E-state index contributed by atoms with van der Waals surface area (Å²) in [5, 5.41) is 2.02. The zero-order chi connectivity index (χ0) is 12.3. The van der Waals surface area contributed by atoms with E-state index in [2.05, 4.69) is 15.9 Å². The third-order valence-corrected chi connectivity index (χ3v) is 4.06. The molecule has 17 heavy (non-hydrogen) atoms. The molecule has 1 aromatic carbocycles. The van der Waals surface area contributed by atoms with Crippen LogP contribution in [0, 0.1) is 0 Å². The Morgan fingerprint density at radius 1 is 1.35 bits per heavy atom. The molecule has 1 heterocycles. The van der Waals surface area contributed by atoms with Gasteiger partial charge in [-0.05, 0) is 34.1 Å². The molecule has 1 amide bonds. The molecule has 88 valence electrons. The number of rotatable bonds is 3. The molecule has 0 saturated carbocycles. The minimum Gasteiger partial charge on any atom is -0.337 e. The fourth-order valence-electron chi connectivity index (χ4n) is 1.54. The highest BCUT2D eigenvalue weighted by molar-refractivity contribution is 9.10. The number of nitrogens with zero attached hydrogens (tertiary/aromatic N) is 1. The standard InChI is InChI=1S/C13H12BrNOS/c1-15(8-12-7-11(14)9-17-12)13(16)10-5-3-2-4-6-10/h2-7,9H,8H2,1H3. The van der Waals surface area contributed by atoms with E-state index in [9.17, 15) is 4.79 Å². The van der Waals surface area contributed by atoms with Crippen molar-refractivity contribution in [1.29, 1.82) is 0 Å². The van der Waals surface area contributed by atoms with Gasteiger partial charge in [0.1, 0.15) is 0 Å². The molecule has 0 fully saturated rings. The summed E-state index contributed by atoms with van der Waals surface area (Å²) in [7, 11) is 1.82. The number of benzene rings is 1. The number of halogens is 1. The molecule has 2 rings (SSSR count). The van der Waals surface area contributed by atoms with Gasteiger partial charge in [-0.2, -0.15) is 0 Å². The highest BCUT2D eigenvalue weighted by Crippen LogP contribution is 2.21. The van der Waals surface area contributed by atoms with Gasteiger partial charge in [0, 0.05) is 27.3 Å². The predicted molar refractivity (Wildman–Crippen MR) is 74.3 cm³/mol. The van der Waals surface area contributed by atoms with E-state index in [1.165, 1.54) is 4.88 Å². The first kappa shape index (κ1) is 12.3. The van der Waals surface area contributed by atoms with Crippen molar-refractivity contribution in [2.75, 3.05) is 7.05 Å². The summed E-state index contributed by atoms with van der Waals surface area (Å²) in [4.78, 5) is 15.0. The fraction of sp³-hybridized carbons (Fsp3) is 0.154. The van der Waals surface area contributed by atoms with Gasteiger partial charge in [-0.3, -0.25) is 4.79 Å². The number of hydrogen-bond donors (Lipinski definition) is 0. The van der Waals surface area contributed by atoms with Crippen LogP contribution in [0.15, 0.2) is 46.3 Å². The first-order valence-corrected chi connectivity index (χ1v) is 6.87. The lowest BCUT2D eigenvalue weighted by atomic mass is 10.2. The molecule has 0 unspecified atom stereocenters. The lowest BCUT2D eigenvalue weighted by Crippen LogP contribution is -2.25. The monoisotopic (exact) mass is 309 g/mol. The van der Waals surface area contributed by atoms with E-state index in [0.717, 1.165) is 10.0 Å². The maximum Gasteiger partial charge on any atom is 0.253 e. The second-order valence-corrected chi connectivity index (χ2v) is 5.67. The third-order valence-electron chi connectivity index (χ3n) is 2.38. The van der Waals surface area contributed by atoms with Gasteiger partial charge in [0.05, 0.1) is 6.54 Å². The van der Waals surface area contributed by atoms with Crippen LogP contribution in [0.1, 0.15) is 15.2 Å². The average molecular weight is 310 g/mol. The molecule has 0 atom stereocenters. The van der Waals surface area contributed by atoms with Crippen molar-refractivity contribution in [2.45, 2.75) is 6.54 Å². The summed E-state index contributed by atoms with van der Waals surface area (Å²) in [6.45, 7) is 0.643. The second kappa shape index (κ2) is 5.47. The Hall–Kier alpha value is -1.13. The van der Waals surface area contributed by atoms with E-state index < -0.39 is 0 Å². The summed E-state index contributed by atoms with van der Waals surface area (Å²) in [5.74, 6) is 0.0510. The van der Waals surface area contributed by atoms with E-state index in [0.29, 0.717) is 6.54 Å². The van der Waals surface area contributed by atoms with Crippen LogP contribution in [0.4, 0.5) is 0 Å². The van der Waals surface area contributed by atoms with Crippen LogP contribution in [-0.4, -0.2) is 17.9 Å². The molecule has 0 bridgehead atoms. The molecule has 0 spiro atoms. The molecule has 0 radical (unpaired) electrons. The molecule has 2 aromatic rings. The number of hydrogen-bond acceptors (Lipinski definition) is 2. The largest absolute Gasteiger partial charge is 0.337 e. The summed E-state index contributed by atoms with van der Waals surface area (Å²) in [6, 6.07) is 11.4. The Morgan fingerprint density at radius 2 is 2.06 bits per heavy atom. The van der Waals surface area contributed by atoms with Gasteiger partial charge in [-0.15, -0.1) is 11.3 Å². The summed E-state index contributed by atoms with van der Waals surface area (Å²) < 4.78 is 1.07. The van der Waals surface area contributed by atoms with Crippen molar-refractivity contribution < 1.29 is 4.79 Å². The molecule has 0 aliphatic heterocycles. The highest BCUT2D eigenvalue weighted by Gasteiger charge is 2.12. The van der Waals surface area contributed by atoms with Crippen LogP contribution in [0.2, 0.25) is 0 Å². The summed E-state index contributed by atoms with van der Waals surface area (Å²) in [5.41, 5.74) is 0.727. The fourth-order valence-corrected chi connectivity index (χ4v) is 3.05. The zero-order valence-corrected chi connectivity index (χ0v) is 11.8. The molecule has 2 nitrogen and oxygen atoms in total. The van der Waals surface area contributed by atoms with Crippen LogP contribution < -0.4 is 0 Å². The first-order chi connectivity index (χ1) is 8.16. The van der Waals surface area contributed by atoms with Crippen molar-refractivity contribution in [3.8, 4) is 0 Å². The van der Waals surface area contributed by atoms with Gasteiger partial charge in [-0.25, -0.2) is 0 Å². The topological polar surface area (TPSA) is 20.3 Å². The Balaban J connectivity index is 2.06. The SMILES string of the molecule is CN(Cc1cc(Br)cs1)C(=O)c1ccccc1. The van der Waals surface area contributed by atoms with Crippen molar-refractivity contribution in [2.24, 2.45) is 0 Å². The molecular formula is C13H12BrNOS. The Kier molecular flexibility index (Phi) is 3.97. The van der Waals surface area contributed by atoms with Gasteiger partial charge >= 0.3 is 0 Å². The summed E-state index contributed by atoms with van der Waals surface area (Å²) in [6.07, 6.45) is 0. The van der Waals surface area contributed by atoms with Gasteiger partial charge < -0.3 is 4.90 Å². The summed E-state index contributed by atoms with van der Waals surface area (Å²) >= 11 is 5.06. The second-order valence-electron chi connectivity index (χ2n) is 3.76. The quantitative estimate of drug-likeness (QED) is 0.845. The van der Waals surface area contributed by atoms with E-state index in [1.807, 2.05) is 48.8 Å². The van der Waals surface area contributed by atoms with E-state index in [4.69, 9.17) is 0 Å². The number of carbonyl (C=O) groups excluding carboxylic acids is 1. The van der Waals surface area contributed by atoms with Crippen LogP contribution in [-0.2, 0) is 6.54 Å². The van der Waals surface area contributed by atoms with E-state index in [-0.39, 0.29) is 5.91 Å². The molecule has 0 aliphatic rings. The maximum atomic E-state index is 12.1. The normalized spacial score (nSPS) is 10.2. The van der Waals surface area contributed by atoms with Crippen molar-refractivity contribution in [3.63, 3.8) is 0 Å². The lowest BCUT2D eigenvalue weighted by Gasteiger charge is -2.16.